The van der Waals surface area contributed by atoms with Gasteiger partial charge in [-0.15, -0.1) is 0 Å². The molecule has 0 spiro atoms. The Morgan fingerprint density at radius 1 is 1.27 bits per heavy atom. The lowest BCUT2D eigenvalue weighted by Crippen LogP contribution is -2.23. The topological polar surface area (TPSA) is 56.9 Å². The van der Waals surface area contributed by atoms with Crippen molar-refractivity contribution in [3.63, 3.8) is 0 Å². The van der Waals surface area contributed by atoms with Crippen LogP contribution in [-0.2, 0) is 12.6 Å². The molecule has 1 N–H and O–H groups in total. The third-order valence-corrected chi connectivity index (χ3v) is 4.81. The van der Waals surface area contributed by atoms with Gasteiger partial charge in [-0.25, -0.2) is 13.2 Å². The van der Waals surface area contributed by atoms with Crippen molar-refractivity contribution >= 4 is 11.8 Å². The Morgan fingerprint density at radius 3 is 2.58 bits per heavy atom. The number of nitrogens with zero attached hydrogens (tertiary/aromatic N) is 2. The molecule has 0 radical (unpaired) electrons. The fourth-order valence-electron chi connectivity index (χ4n) is 2.69. The van der Waals surface area contributed by atoms with Crippen molar-refractivity contribution in [3.8, 4) is 6.07 Å². The number of hydrogen-bond donors (Lipinski definition) is 1. The van der Waals surface area contributed by atoms with Crippen LogP contribution in [0.3, 0.4) is 0 Å². The zero-order valence-electron chi connectivity index (χ0n) is 12.6. The van der Waals surface area contributed by atoms with Gasteiger partial charge in [0.1, 0.15) is 11.9 Å². The van der Waals surface area contributed by atoms with E-state index in [1.54, 1.807) is 6.07 Å². The summed E-state index contributed by atoms with van der Waals surface area (Å²) < 4.78 is 80.4. The fraction of sp³-hybridized carbons (Fsp3) is 0.250. The fourth-order valence-corrected chi connectivity index (χ4v) is 3.72. The van der Waals surface area contributed by atoms with Gasteiger partial charge in [-0.1, -0.05) is 11.8 Å². The highest BCUT2D eigenvalue weighted by Crippen LogP contribution is 2.50. The summed E-state index contributed by atoms with van der Waals surface area (Å²) in [7, 11) is 0. The number of hydrogen-bond acceptors (Lipinski definition) is 4. The van der Waals surface area contributed by atoms with E-state index < -0.39 is 47.3 Å². The highest BCUT2D eigenvalue weighted by Gasteiger charge is 2.52. The van der Waals surface area contributed by atoms with Crippen LogP contribution < -0.4 is 0 Å². The summed E-state index contributed by atoms with van der Waals surface area (Å²) in [6.45, 7) is 0. The SMILES string of the molecule is N#Cc1cc(F)cc(Sc2cnc(C(F)(F)F)c3c2CC(F)(F)C3O)c1. The van der Waals surface area contributed by atoms with E-state index in [2.05, 4.69) is 4.98 Å². The largest absolute Gasteiger partial charge is 0.433 e. The van der Waals surface area contributed by atoms with Crippen LogP contribution in [-0.4, -0.2) is 16.0 Å². The lowest BCUT2D eigenvalue weighted by molar-refractivity contribution is -0.145. The molecular formula is C16H8F6N2OS. The number of halogens is 6. The van der Waals surface area contributed by atoms with Crippen molar-refractivity contribution < 1.29 is 31.4 Å². The number of rotatable bonds is 2. The van der Waals surface area contributed by atoms with Crippen LogP contribution in [0.15, 0.2) is 34.2 Å². The van der Waals surface area contributed by atoms with Crippen molar-refractivity contribution in [1.29, 1.82) is 5.26 Å². The van der Waals surface area contributed by atoms with Crippen molar-refractivity contribution in [1.82, 2.24) is 4.98 Å². The maximum Gasteiger partial charge on any atom is 0.433 e. The number of aliphatic hydroxyl groups excluding tert-OH is 1. The molecule has 2 aromatic rings. The van der Waals surface area contributed by atoms with Crippen LogP contribution in [0, 0.1) is 17.1 Å². The van der Waals surface area contributed by atoms with E-state index >= 15 is 0 Å². The number of nitriles is 1. The summed E-state index contributed by atoms with van der Waals surface area (Å²) in [5.74, 6) is -4.53. The van der Waals surface area contributed by atoms with E-state index in [4.69, 9.17) is 5.26 Å². The number of pyridine rings is 1. The van der Waals surface area contributed by atoms with Gasteiger partial charge >= 0.3 is 6.18 Å². The van der Waals surface area contributed by atoms with Crippen molar-refractivity contribution in [2.45, 2.75) is 34.4 Å². The number of benzene rings is 1. The zero-order chi connectivity index (χ0) is 19.3. The monoisotopic (exact) mass is 390 g/mol. The summed E-state index contributed by atoms with van der Waals surface area (Å²) in [4.78, 5) is 3.26. The summed E-state index contributed by atoms with van der Waals surface area (Å²) in [5.41, 5.74) is -2.96. The predicted octanol–water partition coefficient (Wildman–Crippen LogP) is 4.49. The molecule has 1 atom stereocenters. The molecule has 1 aliphatic rings. The minimum absolute atomic E-state index is 0.0330. The maximum atomic E-state index is 13.8. The van der Waals surface area contributed by atoms with E-state index in [9.17, 15) is 31.4 Å². The third-order valence-electron chi connectivity index (χ3n) is 3.77. The smallest absolute Gasteiger partial charge is 0.382 e. The second-order valence-corrected chi connectivity index (χ2v) is 6.71. The number of fused-ring (bicyclic) bond motifs is 1. The van der Waals surface area contributed by atoms with Crippen LogP contribution in [0.2, 0.25) is 0 Å². The van der Waals surface area contributed by atoms with Gasteiger partial charge in [0.25, 0.3) is 5.92 Å². The maximum absolute atomic E-state index is 13.8. The van der Waals surface area contributed by atoms with Gasteiger partial charge in [-0.3, -0.25) is 4.98 Å². The molecule has 136 valence electrons. The van der Waals surface area contributed by atoms with Gasteiger partial charge in [0.2, 0.25) is 0 Å². The number of aliphatic hydroxyl groups is 1. The molecular weight excluding hydrogens is 382 g/mol. The Kier molecular flexibility index (Phi) is 4.40. The summed E-state index contributed by atoms with van der Waals surface area (Å²) in [6, 6.07) is 4.95. The van der Waals surface area contributed by atoms with E-state index in [0.29, 0.717) is 11.8 Å². The number of alkyl halides is 5. The molecule has 0 saturated carbocycles. The van der Waals surface area contributed by atoms with Gasteiger partial charge in [0.05, 0.1) is 11.6 Å². The minimum Gasteiger partial charge on any atom is -0.382 e. The minimum atomic E-state index is -5.01. The highest BCUT2D eigenvalue weighted by atomic mass is 32.2. The van der Waals surface area contributed by atoms with Crippen LogP contribution in [0.4, 0.5) is 26.3 Å². The Bertz CT molecular complexity index is 922. The Balaban J connectivity index is 2.12. The first-order valence-electron chi connectivity index (χ1n) is 7.06. The zero-order valence-corrected chi connectivity index (χ0v) is 13.4. The average molecular weight is 390 g/mol. The van der Waals surface area contributed by atoms with Gasteiger partial charge in [0.15, 0.2) is 5.69 Å². The van der Waals surface area contributed by atoms with E-state index in [-0.39, 0.29) is 15.4 Å². The molecule has 0 saturated heterocycles. The van der Waals surface area contributed by atoms with Crippen LogP contribution >= 0.6 is 11.8 Å². The van der Waals surface area contributed by atoms with Gasteiger partial charge in [0, 0.05) is 28.0 Å². The molecule has 3 nitrogen and oxygen atoms in total. The molecule has 0 amide bonds. The molecule has 0 aliphatic heterocycles. The molecule has 1 unspecified atom stereocenters. The molecule has 10 heteroatoms. The summed E-state index contributed by atoms with van der Waals surface area (Å²) in [5, 5.41) is 18.5. The first-order chi connectivity index (χ1) is 12.0. The average Bonchev–Trinajstić information content (AvgIpc) is 2.77. The van der Waals surface area contributed by atoms with Gasteiger partial charge in [-0.05, 0) is 23.8 Å². The van der Waals surface area contributed by atoms with Gasteiger partial charge < -0.3 is 5.11 Å². The molecule has 1 aromatic carbocycles. The lowest BCUT2D eigenvalue weighted by atomic mass is 10.1. The number of aromatic nitrogens is 1. The molecule has 3 rings (SSSR count). The van der Waals surface area contributed by atoms with Crippen LogP contribution in [0.1, 0.15) is 28.5 Å². The first kappa shape index (κ1) is 18.5. The van der Waals surface area contributed by atoms with Crippen molar-refractivity contribution in [2.75, 3.05) is 0 Å². The standard InChI is InChI=1S/C16H8F6N2OS/c17-8-1-7(5-23)2-9(3-8)26-11-6-24-13(16(20,21)22)12-10(11)4-15(18,19)14(12)25/h1-3,6,14,25H,4H2. The van der Waals surface area contributed by atoms with Crippen LogP contribution in [0.25, 0.3) is 0 Å². The molecule has 26 heavy (non-hydrogen) atoms. The second-order valence-electron chi connectivity index (χ2n) is 5.59. The Labute approximate surface area is 147 Å². The van der Waals surface area contributed by atoms with Crippen molar-refractivity contribution in [3.05, 3.63) is 52.6 Å². The van der Waals surface area contributed by atoms with Gasteiger partial charge in [-0.2, -0.15) is 18.4 Å². The van der Waals surface area contributed by atoms with E-state index in [1.807, 2.05) is 0 Å². The molecule has 1 aliphatic carbocycles. The lowest BCUT2D eigenvalue weighted by Gasteiger charge is -2.17. The molecule has 0 fully saturated rings. The predicted molar refractivity (Wildman–Crippen MR) is 78.1 cm³/mol. The third kappa shape index (κ3) is 3.24. The normalized spacial score (nSPS) is 18.5. The molecule has 1 aromatic heterocycles. The van der Waals surface area contributed by atoms with E-state index in [1.165, 1.54) is 6.07 Å². The summed E-state index contributed by atoms with van der Waals surface area (Å²) >= 11 is 0.693. The quantitative estimate of drug-likeness (QED) is 0.768. The highest BCUT2D eigenvalue weighted by molar-refractivity contribution is 7.99. The summed E-state index contributed by atoms with van der Waals surface area (Å²) in [6.07, 6.45) is -7.99. The van der Waals surface area contributed by atoms with E-state index in [0.717, 1.165) is 18.3 Å². The molecule has 1 heterocycles. The second kappa shape index (κ2) is 6.17. The Morgan fingerprint density at radius 2 is 1.96 bits per heavy atom. The van der Waals surface area contributed by atoms with Crippen LogP contribution in [0.5, 0.6) is 0 Å². The first-order valence-corrected chi connectivity index (χ1v) is 7.88. The Hall–Kier alpha value is -2.25. The van der Waals surface area contributed by atoms with Crippen molar-refractivity contribution in [2.24, 2.45) is 0 Å². The molecule has 0 bridgehead atoms.